The lowest BCUT2D eigenvalue weighted by Crippen LogP contribution is -2.23. The van der Waals surface area contributed by atoms with Crippen molar-refractivity contribution in [3.63, 3.8) is 0 Å². The first-order chi connectivity index (χ1) is 14.6. The van der Waals surface area contributed by atoms with Gasteiger partial charge in [-0.05, 0) is 18.2 Å². The van der Waals surface area contributed by atoms with E-state index in [1.807, 2.05) is 24.3 Å². The quantitative estimate of drug-likeness (QED) is 0.354. The summed E-state index contributed by atoms with van der Waals surface area (Å²) in [5, 5.41) is 0.738. The smallest absolute Gasteiger partial charge is 0.345 e. The molecule has 4 rings (SSSR count). The van der Waals surface area contributed by atoms with Crippen molar-refractivity contribution >= 4 is 22.7 Å². The van der Waals surface area contributed by atoms with Gasteiger partial charge in [-0.3, -0.25) is 4.79 Å². The number of ether oxygens (including phenoxy) is 2. The highest BCUT2D eigenvalue weighted by Crippen LogP contribution is 2.27. The van der Waals surface area contributed by atoms with E-state index in [-0.39, 0.29) is 11.5 Å². The van der Waals surface area contributed by atoms with E-state index in [1.165, 1.54) is 18.2 Å². The first kappa shape index (κ1) is 19.4. The van der Waals surface area contributed by atoms with Crippen LogP contribution in [0.25, 0.3) is 10.9 Å². The highest BCUT2D eigenvalue weighted by Gasteiger charge is 2.28. The minimum atomic E-state index is -1.15. The zero-order valence-electron chi connectivity index (χ0n) is 15.9. The topological polar surface area (TPSA) is 68.4 Å². The van der Waals surface area contributed by atoms with E-state index >= 15 is 0 Å². The van der Waals surface area contributed by atoms with Crippen molar-refractivity contribution in [3.8, 4) is 5.75 Å². The largest absolute Gasteiger partial charge is 0.479 e. The molecule has 0 amide bonds. The van der Waals surface area contributed by atoms with E-state index in [9.17, 15) is 14.0 Å². The van der Waals surface area contributed by atoms with Gasteiger partial charge in [0.1, 0.15) is 0 Å². The molecule has 0 unspecified atom stereocenters. The van der Waals surface area contributed by atoms with E-state index < -0.39 is 24.5 Å². The van der Waals surface area contributed by atoms with Crippen LogP contribution in [-0.4, -0.2) is 23.3 Å². The van der Waals surface area contributed by atoms with Gasteiger partial charge in [0, 0.05) is 28.2 Å². The van der Waals surface area contributed by atoms with Crippen LogP contribution in [0.3, 0.4) is 0 Å². The highest BCUT2D eigenvalue weighted by atomic mass is 19.1. The van der Waals surface area contributed by atoms with Gasteiger partial charge in [-0.2, -0.15) is 0 Å². The minimum absolute atomic E-state index is 0.0614. The number of halogens is 1. The van der Waals surface area contributed by atoms with Gasteiger partial charge in [0.25, 0.3) is 0 Å². The standard InChI is InChI=1S/C24H18FNO4/c25-19-11-5-7-13-21(19)29-15-22(27)30-24(16-8-2-1-3-9-16)23(28)18-14-26-20-12-6-4-10-17(18)20/h1-14,24,26H,15H2/t24-/m0/s1. The average Bonchev–Trinajstić information content (AvgIpc) is 3.21. The number of hydrogen-bond donors (Lipinski definition) is 1. The fourth-order valence-corrected chi connectivity index (χ4v) is 3.18. The highest BCUT2D eigenvalue weighted by molar-refractivity contribution is 6.10. The third-order valence-corrected chi connectivity index (χ3v) is 4.63. The van der Waals surface area contributed by atoms with Crippen LogP contribution in [0, 0.1) is 5.82 Å². The molecule has 1 aromatic heterocycles. The van der Waals surface area contributed by atoms with Crippen LogP contribution in [0.5, 0.6) is 5.75 Å². The normalized spacial score (nSPS) is 11.8. The maximum absolute atomic E-state index is 13.7. The molecule has 4 aromatic rings. The molecule has 0 aliphatic carbocycles. The fraction of sp³-hybridized carbons (Fsp3) is 0.0833. The van der Waals surface area contributed by atoms with Crippen LogP contribution in [0.15, 0.2) is 85.1 Å². The lowest BCUT2D eigenvalue weighted by molar-refractivity contribution is -0.149. The molecule has 1 heterocycles. The number of esters is 1. The van der Waals surface area contributed by atoms with Crippen LogP contribution in [0.1, 0.15) is 22.0 Å². The summed E-state index contributed by atoms with van der Waals surface area (Å²) in [6, 6.07) is 21.9. The molecular formula is C24H18FNO4. The zero-order valence-corrected chi connectivity index (χ0v) is 15.9. The van der Waals surface area contributed by atoms with Crippen molar-refractivity contribution < 1.29 is 23.5 Å². The number of H-pyrrole nitrogens is 1. The molecule has 0 bridgehead atoms. The lowest BCUT2D eigenvalue weighted by Gasteiger charge is -2.17. The SMILES string of the molecule is O=C(COc1ccccc1F)O[C@H](C(=O)c1c[nH]c2ccccc12)c1ccccc1. The lowest BCUT2D eigenvalue weighted by atomic mass is 9.99. The number of rotatable bonds is 7. The summed E-state index contributed by atoms with van der Waals surface area (Å²) in [4.78, 5) is 28.8. The average molecular weight is 403 g/mol. The van der Waals surface area contributed by atoms with Crippen molar-refractivity contribution in [2.75, 3.05) is 6.61 Å². The molecule has 6 heteroatoms. The number of carbonyl (C=O) groups is 2. The summed E-state index contributed by atoms with van der Waals surface area (Å²) < 4.78 is 24.4. The number of carbonyl (C=O) groups excluding carboxylic acids is 2. The molecular weight excluding hydrogens is 385 g/mol. The number of aromatic nitrogens is 1. The molecule has 30 heavy (non-hydrogen) atoms. The van der Waals surface area contributed by atoms with Crippen LogP contribution < -0.4 is 4.74 Å². The first-order valence-corrected chi connectivity index (χ1v) is 9.35. The first-order valence-electron chi connectivity index (χ1n) is 9.35. The molecule has 0 aliphatic rings. The molecule has 1 atom stereocenters. The zero-order chi connectivity index (χ0) is 20.9. The Morgan fingerprint density at radius 2 is 1.60 bits per heavy atom. The molecule has 0 spiro atoms. The van der Waals surface area contributed by atoms with E-state index in [2.05, 4.69) is 4.98 Å². The van der Waals surface area contributed by atoms with E-state index in [1.54, 1.807) is 42.6 Å². The molecule has 0 radical (unpaired) electrons. The second-order valence-corrected chi connectivity index (χ2v) is 6.61. The van der Waals surface area contributed by atoms with Crippen LogP contribution in [-0.2, 0) is 9.53 Å². The van der Waals surface area contributed by atoms with Gasteiger partial charge in [-0.1, -0.05) is 60.7 Å². The number of fused-ring (bicyclic) bond motifs is 1. The Morgan fingerprint density at radius 3 is 2.40 bits per heavy atom. The number of hydrogen-bond acceptors (Lipinski definition) is 4. The van der Waals surface area contributed by atoms with Gasteiger partial charge < -0.3 is 14.5 Å². The van der Waals surface area contributed by atoms with Crippen LogP contribution >= 0.6 is 0 Å². The van der Waals surface area contributed by atoms with Crippen LogP contribution in [0.2, 0.25) is 0 Å². The Balaban J connectivity index is 1.57. The van der Waals surface area contributed by atoms with E-state index in [0.29, 0.717) is 11.1 Å². The Hall–Kier alpha value is -3.93. The molecule has 0 aliphatic heterocycles. The number of ketones is 1. The van der Waals surface area contributed by atoms with Gasteiger partial charge >= 0.3 is 5.97 Å². The number of para-hydroxylation sites is 2. The summed E-state index contributed by atoms with van der Waals surface area (Å²) in [6.45, 7) is -0.522. The summed E-state index contributed by atoms with van der Waals surface area (Å²) in [7, 11) is 0. The maximum Gasteiger partial charge on any atom is 0.345 e. The van der Waals surface area contributed by atoms with Crippen molar-refractivity contribution in [2.24, 2.45) is 0 Å². The van der Waals surface area contributed by atoms with E-state index in [0.717, 1.165) is 10.9 Å². The third kappa shape index (κ3) is 4.07. The molecule has 0 fully saturated rings. The van der Waals surface area contributed by atoms with E-state index in [4.69, 9.17) is 9.47 Å². The van der Waals surface area contributed by atoms with Gasteiger partial charge in [-0.25, -0.2) is 9.18 Å². The Bertz CT molecular complexity index is 1190. The molecule has 5 nitrogen and oxygen atoms in total. The Kier molecular flexibility index (Phi) is 5.57. The van der Waals surface area contributed by atoms with Crippen molar-refractivity contribution in [2.45, 2.75) is 6.10 Å². The molecule has 3 aromatic carbocycles. The molecule has 150 valence electrons. The predicted octanol–water partition coefficient (Wildman–Crippen LogP) is 4.85. The number of Topliss-reactive ketones (excluding diaryl/α,β-unsaturated/α-hetero) is 1. The molecule has 0 saturated carbocycles. The summed E-state index contributed by atoms with van der Waals surface area (Å²) in [5.41, 5.74) is 1.76. The predicted molar refractivity (Wildman–Crippen MR) is 110 cm³/mol. The molecule has 0 saturated heterocycles. The number of nitrogens with one attached hydrogen (secondary N) is 1. The maximum atomic E-state index is 13.7. The van der Waals surface area contributed by atoms with Gasteiger partial charge in [0.2, 0.25) is 5.78 Å². The third-order valence-electron chi connectivity index (χ3n) is 4.63. The van der Waals surface area contributed by atoms with Crippen LogP contribution in [0.4, 0.5) is 4.39 Å². The fourth-order valence-electron chi connectivity index (χ4n) is 3.18. The summed E-state index contributed by atoms with van der Waals surface area (Å²) in [6.07, 6.45) is 0.453. The number of aromatic amines is 1. The van der Waals surface area contributed by atoms with Gasteiger partial charge in [0.15, 0.2) is 24.3 Å². The second kappa shape index (κ2) is 8.61. The Morgan fingerprint density at radius 1 is 0.900 bits per heavy atom. The van der Waals surface area contributed by atoms with Crippen molar-refractivity contribution in [1.29, 1.82) is 0 Å². The van der Waals surface area contributed by atoms with Crippen molar-refractivity contribution in [3.05, 3.63) is 102 Å². The minimum Gasteiger partial charge on any atom is -0.479 e. The molecule has 1 N–H and O–H groups in total. The number of benzene rings is 3. The monoisotopic (exact) mass is 403 g/mol. The second-order valence-electron chi connectivity index (χ2n) is 6.61. The van der Waals surface area contributed by atoms with Gasteiger partial charge in [0.05, 0.1) is 0 Å². The summed E-state index contributed by atoms with van der Waals surface area (Å²) >= 11 is 0. The Labute approximate surface area is 172 Å². The summed E-state index contributed by atoms with van der Waals surface area (Å²) in [5.74, 6) is -1.79. The van der Waals surface area contributed by atoms with Crippen molar-refractivity contribution in [1.82, 2.24) is 4.98 Å². The van der Waals surface area contributed by atoms with Gasteiger partial charge in [-0.15, -0.1) is 0 Å².